The van der Waals surface area contributed by atoms with Gasteiger partial charge < -0.3 is 34.8 Å². The van der Waals surface area contributed by atoms with E-state index in [0.717, 1.165) is 0 Å². The van der Waals surface area contributed by atoms with Crippen LogP contribution >= 0.6 is 0 Å². The maximum absolute atomic E-state index is 10.6. The standard InChI is InChI=1S/C7H8O9.2Na/c8-3(9)1-7(5(12)13,6(14)15)16-2-4(10)11;;/h1-2H2,(H,8,9)(H,10,11)(H,12,13)(H,14,15);;/q;2*+1/p-2. The van der Waals surface area contributed by atoms with Gasteiger partial charge in [0.1, 0.15) is 0 Å². The number of ether oxygens (including phenoxy) is 1. The zero-order chi connectivity index (χ0) is 12.9. The molecule has 0 atom stereocenters. The molecule has 0 unspecified atom stereocenters. The van der Waals surface area contributed by atoms with Crippen LogP contribution in [0.4, 0.5) is 0 Å². The summed E-state index contributed by atoms with van der Waals surface area (Å²) >= 11 is 0. The summed E-state index contributed by atoms with van der Waals surface area (Å²) < 4.78 is 4.04. The van der Waals surface area contributed by atoms with E-state index >= 15 is 0 Å². The molecule has 0 saturated heterocycles. The Morgan fingerprint density at radius 2 is 1.33 bits per heavy atom. The number of carboxylic acid groups (broad SMARTS) is 4. The summed E-state index contributed by atoms with van der Waals surface area (Å²) in [7, 11) is 0. The first-order chi connectivity index (χ1) is 7.22. The summed E-state index contributed by atoms with van der Waals surface area (Å²) in [4.78, 5) is 41.4. The van der Waals surface area contributed by atoms with Gasteiger partial charge in [-0.3, -0.25) is 0 Å². The third kappa shape index (κ3) is 6.69. The second kappa shape index (κ2) is 9.73. The average molecular weight is 280 g/mol. The Balaban J connectivity index is -0.00000112. The van der Waals surface area contributed by atoms with Gasteiger partial charge in [0.05, 0.1) is 12.6 Å². The van der Waals surface area contributed by atoms with E-state index in [-0.39, 0.29) is 59.1 Å². The molecule has 18 heavy (non-hydrogen) atoms. The molecule has 0 aliphatic carbocycles. The zero-order valence-corrected chi connectivity index (χ0v) is 13.7. The fraction of sp³-hybridized carbons (Fsp3) is 0.429. The van der Waals surface area contributed by atoms with Crippen LogP contribution in [0.15, 0.2) is 0 Å². The predicted octanol–water partition coefficient (Wildman–Crippen LogP) is -10.2. The van der Waals surface area contributed by atoms with Crippen LogP contribution < -0.4 is 69.3 Å². The number of carboxylic acids is 4. The van der Waals surface area contributed by atoms with E-state index in [1.807, 2.05) is 0 Å². The first-order valence-corrected chi connectivity index (χ1v) is 3.73. The zero-order valence-electron chi connectivity index (χ0n) is 9.67. The van der Waals surface area contributed by atoms with Crippen LogP contribution in [0.2, 0.25) is 0 Å². The molecule has 0 aliphatic rings. The molecule has 0 spiro atoms. The van der Waals surface area contributed by atoms with Crippen LogP contribution in [0.5, 0.6) is 0 Å². The van der Waals surface area contributed by atoms with Gasteiger partial charge >= 0.3 is 71.1 Å². The molecule has 2 N–H and O–H groups in total. The molecule has 0 rings (SSSR count). The largest absolute Gasteiger partial charge is 1.00 e. The van der Waals surface area contributed by atoms with Crippen molar-refractivity contribution in [1.82, 2.24) is 0 Å². The predicted molar refractivity (Wildman–Crippen MR) is 38.6 cm³/mol. The molecule has 0 aromatic rings. The van der Waals surface area contributed by atoms with Crippen molar-refractivity contribution in [3.8, 4) is 0 Å². The molecule has 0 fully saturated rings. The van der Waals surface area contributed by atoms with Crippen molar-refractivity contribution in [3.63, 3.8) is 0 Å². The van der Waals surface area contributed by atoms with Crippen LogP contribution in [0.1, 0.15) is 6.42 Å². The molecule has 0 bridgehead atoms. The maximum Gasteiger partial charge on any atom is 1.00 e. The first kappa shape index (κ1) is 23.0. The summed E-state index contributed by atoms with van der Waals surface area (Å²) in [5.41, 5.74) is -3.20. The van der Waals surface area contributed by atoms with E-state index in [0.29, 0.717) is 0 Å². The Bertz CT molecular complexity index is 326. The number of carbonyl (C=O) groups excluding carboxylic acids is 2. The molecule has 0 amide bonds. The molecule has 0 aromatic carbocycles. The van der Waals surface area contributed by atoms with Crippen molar-refractivity contribution in [1.29, 1.82) is 0 Å². The fourth-order valence-electron chi connectivity index (χ4n) is 0.803. The topological polar surface area (TPSA) is 164 Å². The van der Waals surface area contributed by atoms with E-state index in [2.05, 4.69) is 4.74 Å². The molecular weight excluding hydrogens is 274 g/mol. The molecule has 9 nitrogen and oxygen atoms in total. The average Bonchev–Trinajstić information content (AvgIpc) is 2.10. The molecular formula is C7H6Na2O9. The van der Waals surface area contributed by atoms with Gasteiger partial charge in [-0.25, -0.2) is 9.59 Å². The van der Waals surface area contributed by atoms with Gasteiger partial charge in [-0.05, 0) is 0 Å². The van der Waals surface area contributed by atoms with E-state index in [9.17, 15) is 29.4 Å². The summed E-state index contributed by atoms with van der Waals surface area (Å²) in [6, 6.07) is 0. The third-order valence-corrected chi connectivity index (χ3v) is 1.52. The van der Waals surface area contributed by atoms with Gasteiger partial charge in [-0.15, -0.1) is 0 Å². The third-order valence-electron chi connectivity index (χ3n) is 1.52. The number of aliphatic carboxylic acids is 4. The minimum atomic E-state index is -3.20. The minimum absolute atomic E-state index is 0. The van der Waals surface area contributed by atoms with Crippen LogP contribution in [-0.2, 0) is 23.9 Å². The van der Waals surface area contributed by atoms with Gasteiger partial charge in [0, 0.05) is 12.4 Å². The van der Waals surface area contributed by atoms with Gasteiger partial charge in [0.2, 0.25) is 0 Å². The second-order valence-electron chi connectivity index (χ2n) is 2.65. The van der Waals surface area contributed by atoms with Gasteiger partial charge in [0.15, 0.2) is 0 Å². The molecule has 0 radical (unpaired) electrons. The Kier molecular flexibility index (Phi) is 12.4. The first-order valence-electron chi connectivity index (χ1n) is 3.73. The van der Waals surface area contributed by atoms with E-state index in [1.54, 1.807) is 0 Å². The summed E-state index contributed by atoms with van der Waals surface area (Å²) in [5.74, 6) is -8.19. The summed E-state index contributed by atoms with van der Waals surface area (Å²) in [6.45, 7) is -1.37. The molecule has 0 saturated carbocycles. The monoisotopic (exact) mass is 280 g/mol. The van der Waals surface area contributed by atoms with E-state index in [1.165, 1.54) is 0 Å². The fourth-order valence-corrected chi connectivity index (χ4v) is 0.803. The van der Waals surface area contributed by atoms with Gasteiger partial charge in [0.25, 0.3) is 5.60 Å². The van der Waals surface area contributed by atoms with Crippen LogP contribution in [0, 0.1) is 0 Å². The number of rotatable bonds is 7. The summed E-state index contributed by atoms with van der Waals surface area (Å²) in [6.07, 6.45) is -1.52. The van der Waals surface area contributed by atoms with E-state index in [4.69, 9.17) is 10.2 Å². The Labute approximate surface area is 145 Å². The quantitative estimate of drug-likeness (QED) is 0.340. The number of hydrogen-bond donors (Lipinski definition) is 2. The molecule has 0 aliphatic heterocycles. The van der Waals surface area contributed by atoms with Crippen LogP contribution in [0.3, 0.4) is 0 Å². The smallest absolute Gasteiger partial charge is 0.550 e. The van der Waals surface area contributed by atoms with E-state index < -0.39 is 42.5 Å². The normalized spacial score (nSPS) is 9.56. The van der Waals surface area contributed by atoms with Crippen molar-refractivity contribution in [3.05, 3.63) is 0 Å². The number of carbonyl (C=O) groups is 4. The van der Waals surface area contributed by atoms with Crippen molar-refractivity contribution in [2.24, 2.45) is 0 Å². The second-order valence-corrected chi connectivity index (χ2v) is 2.65. The molecule has 90 valence electrons. The Morgan fingerprint density at radius 1 is 0.944 bits per heavy atom. The SMILES string of the molecule is O=C([O-])COC(CC(=O)[O-])(C(=O)O)C(=O)O.[Na+].[Na+]. The number of hydrogen-bond acceptors (Lipinski definition) is 7. The van der Waals surface area contributed by atoms with Crippen LogP contribution in [0.25, 0.3) is 0 Å². The Morgan fingerprint density at radius 3 is 1.56 bits per heavy atom. The Hall–Kier alpha value is -0.160. The minimum Gasteiger partial charge on any atom is -0.550 e. The van der Waals surface area contributed by atoms with Crippen molar-refractivity contribution in [2.75, 3.05) is 6.61 Å². The molecule has 11 heteroatoms. The van der Waals surface area contributed by atoms with Crippen LogP contribution in [-0.4, -0.2) is 46.3 Å². The van der Waals surface area contributed by atoms with Gasteiger partial charge in [-0.1, -0.05) is 0 Å². The molecule has 0 heterocycles. The summed E-state index contributed by atoms with van der Waals surface area (Å²) in [5, 5.41) is 37.3. The molecule has 0 aromatic heterocycles. The van der Waals surface area contributed by atoms with Crippen molar-refractivity contribution < 1.29 is 103 Å². The maximum atomic E-state index is 10.6. The van der Waals surface area contributed by atoms with Gasteiger partial charge in [-0.2, -0.15) is 0 Å². The van der Waals surface area contributed by atoms with Crippen molar-refractivity contribution >= 4 is 23.9 Å². The van der Waals surface area contributed by atoms with Crippen molar-refractivity contribution in [2.45, 2.75) is 12.0 Å².